The van der Waals surface area contributed by atoms with Crippen LogP contribution in [0, 0.1) is 17.5 Å². The zero-order chi connectivity index (χ0) is 17.5. The van der Waals surface area contributed by atoms with E-state index in [1.165, 1.54) is 18.2 Å². The number of nitrogens with one attached hydrogen (secondary N) is 1. The lowest BCUT2D eigenvalue weighted by Crippen LogP contribution is -2.24. The van der Waals surface area contributed by atoms with Crippen molar-refractivity contribution in [3.05, 3.63) is 59.9 Å². The van der Waals surface area contributed by atoms with E-state index in [2.05, 4.69) is 10.1 Å². The summed E-state index contributed by atoms with van der Waals surface area (Å²) >= 11 is 0. The molecule has 0 aromatic heterocycles. The molecule has 0 bridgehead atoms. The second-order valence-corrected chi connectivity index (χ2v) is 4.55. The van der Waals surface area contributed by atoms with E-state index in [1.807, 2.05) is 0 Å². The number of halogens is 3. The molecule has 0 heterocycles. The molecular weight excluding hydrogens is 327 g/mol. The lowest BCUT2D eigenvalue weighted by atomic mass is 10.3. The first-order chi connectivity index (χ1) is 11.5. The Kier molecular flexibility index (Phi) is 5.78. The van der Waals surface area contributed by atoms with Crippen molar-refractivity contribution >= 4 is 17.6 Å². The van der Waals surface area contributed by atoms with Gasteiger partial charge in [0.15, 0.2) is 24.8 Å². The van der Waals surface area contributed by atoms with E-state index < -0.39 is 42.5 Å². The number of carbonyl (C=O) groups is 2. The van der Waals surface area contributed by atoms with Gasteiger partial charge in [0.2, 0.25) is 0 Å². The number of hydrogen-bond acceptors (Lipinski definition) is 4. The summed E-state index contributed by atoms with van der Waals surface area (Å²) in [6.45, 7) is -1.30. The third-order valence-electron chi connectivity index (χ3n) is 2.75. The van der Waals surface area contributed by atoms with Crippen LogP contribution in [0.5, 0.6) is 5.75 Å². The normalized spacial score (nSPS) is 10.1. The summed E-state index contributed by atoms with van der Waals surface area (Å²) in [5.41, 5.74) is -0.250. The van der Waals surface area contributed by atoms with Gasteiger partial charge in [0, 0.05) is 6.07 Å². The molecule has 0 aliphatic carbocycles. The van der Waals surface area contributed by atoms with Gasteiger partial charge >= 0.3 is 5.97 Å². The molecule has 0 aliphatic heterocycles. The number of amides is 1. The zero-order valence-electron chi connectivity index (χ0n) is 12.2. The van der Waals surface area contributed by atoms with Crippen LogP contribution >= 0.6 is 0 Å². The number of anilines is 1. The number of carbonyl (C=O) groups excluding carboxylic acids is 2. The van der Waals surface area contributed by atoms with E-state index in [9.17, 15) is 22.8 Å². The summed E-state index contributed by atoms with van der Waals surface area (Å²) in [5, 5.41) is 2.12. The van der Waals surface area contributed by atoms with Crippen molar-refractivity contribution in [3.8, 4) is 5.75 Å². The number of para-hydroxylation sites is 1. The van der Waals surface area contributed by atoms with E-state index in [-0.39, 0.29) is 11.4 Å². The molecule has 2 aromatic rings. The van der Waals surface area contributed by atoms with Crippen molar-refractivity contribution in [3.63, 3.8) is 0 Å². The molecule has 2 rings (SSSR count). The predicted molar refractivity (Wildman–Crippen MR) is 77.8 cm³/mol. The first kappa shape index (κ1) is 17.3. The van der Waals surface area contributed by atoms with Crippen LogP contribution in [0.4, 0.5) is 18.9 Å². The van der Waals surface area contributed by atoms with Crippen LogP contribution in [-0.2, 0) is 14.3 Å². The van der Waals surface area contributed by atoms with E-state index in [4.69, 9.17) is 4.74 Å². The van der Waals surface area contributed by atoms with Crippen molar-refractivity contribution in [2.75, 3.05) is 18.5 Å². The summed E-state index contributed by atoms with van der Waals surface area (Å²) in [7, 11) is 0. The zero-order valence-corrected chi connectivity index (χ0v) is 12.2. The fraction of sp³-hybridized carbons (Fsp3) is 0.125. The van der Waals surface area contributed by atoms with Crippen LogP contribution in [-0.4, -0.2) is 25.1 Å². The van der Waals surface area contributed by atoms with Crippen LogP contribution in [0.15, 0.2) is 42.5 Å². The average Bonchev–Trinajstić information content (AvgIpc) is 2.55. The number of esters is 1. The quantitative estimate of drug-likeness (QED) is 0.822. The van der Waals surface area contributed by atoms with Gasteiger partial charge in [-0.05, 0) is 24.3 Å². The minimum absolute atomic E-state index is 0.132. The van der Waals surface area contributed by atoms with Gasteiger partial charge in [-0.2, -0.15) is 0 Å². The Hall–Kier alpha value is -3.03. The highest BCUT2D eigenvalue weighted by Gasteiger charge is 2.12. The van der Waals surface area contributed by atoms with Gasteiger partial charge in [0.05, 0.1) is 5.69 Å². The minimum Gasteiger partial charge on any atom is -0.479 e. The number of rotatable bonds is 6. The van der Waals surface area contributed by atoms with Gasteiger partial charge in [0.25, 0.3) is 5.91 Å². The molecule has 0 fully saturated rings. The van der Waals surface area contributed by atoms with Gasteiger partial charge in [-0.15, -0.1) is 0 Å². The van der Waals surface area contributed by atoms with Crippen molar-refractivity contribution < 1.29 is 32.2 Å². The van der Waals surface area contributed by atoms with Crippen molar-refractivity contribution in [2.45, 2.75) is 0 Å². The van der Waals surface area contributed by atoms with Crippen LogP contribution in [0.25, 0.3) is 0 Å². The Morgan fingerprint density at radius 1 is 0.958 bits per heavy atom. The van der Waals surface area contributed by atoms with Gasteiger partial charge in [-0.25, -0.2) is 18.0 Å². The van der Waals surface area contributed by atoms with Gasteiger partial charge < -0.3 is 14.8 Å². The average molecular weight is 339 g/mol. The Morgan fingerprint density at radius 2 is 1.71 bits per heavy atom. The highest BCUT2D eigenvalue weighted by Crippen LogP contribution is 2.16. The largest absolute Gasteiger partial charge is 0.479 e. The number of hydrogen-bond donors (Lipinski definition) is 1. The van der Waals surface area contributed by atoms with Crippen LogP contribution in [0.3, 0.4) is 0 Å². The highest BCUT2D eigenvalue weighted by molar-refractivity contribution is 5.92. The van der Waals surface area contributed by atoms with Crippen LogP contribution in [0.2, 0.25) is 0 Å². The van der Waals surface area contributed by atoms with Crippen LogP contribution in [0.1, 0.15) is 0 Å². The number of ether oxygens (including phenoxy) is 2. The molecule has 0 radical (unpaired) electrons. The summed E-state index contributed by atoms with van der Waals surface area (Å²) in [6.07, 6.45) is 0. The Bertz CT molecular complexity index is 752. The summed E-state index contributed by atoms with van der Waals surface area (Å²) in [5.74, 6) is -4.25. The highest BCUT2D eigenvalue weighted by atomic mass is 19.1. The third kappa shape index (κ3) is 5.01. The molecule has 0 atom stereocenters. The lowest BCUT2D eigenvalue weighted by molar-refractivity contribution is -0.149. The van der Waals surface area contributed by atoms with Crippen molar-refractivity contribution in [1.29, 1.82) is 0 Å². The second-order valence-electron chi connectivity index (χ2n) is 4.55. The monoisotopic (exact) mass is 339 g/mol. The molecule has 5 nitrogen and oxygen atoms in total. The SMILES string of the molecule is O=C(COC(=O)COc1ccccc1F)Nc1ccc(F)cc1F. The summed E-state index contributed by atoms with van der Waals surface area (Å²) in [6, 6.07) is 8.06. The Balaban J connectivity index is 1.77. The molecule has 8 heteroatoms. The van der Waals surface area contributed by atoms with Gasteiger partial charge in [0.1, 0.15) is 11.6 Å². The fourth-order valence-corrected chi connectivity index (χ4v) is 1.66. The molecule has 0 spiro atoms. The Labute approximate surface area is 135 Å². The third-order valence-corrected chi connectivity index (χ3v) is 2.75. The Morgan fingerprint density at radius 3 is 2.42 bits per heavy atom. The van der Waals surface area contributed by atoms with E-state index >= 15 is 0 Å². The summed E-state index contributed by atoms with van der Waals surface area (Å²) < 4.78 is 48.8. The molecular formula is C16H12F3NO4. The number of benzene rings is 2. The maximum absolute atomic E-state index is 13.3. The first-order valence-corrected chi connectivity index (χ1v) is 6.73. The first-order valence-electron chi connectivity index (χ1n) is 6.73. The molecule has 126 valence electrons. The maximum Gasteiger partial charge on any atom is 0.344 e. The molecule has 1 amide bonds. The molecule has 0 saturated carbocycles. The van der Waals surface area contributed by atoms with E-state index in [1.54, 1.807) is 0 Å². The minimum atomic E-state index is -0.961. The van der Waals surface area contributed by atoms with E-state index in [0.29, 0.717) is 6.07 Å². The van der Waals surface area contributed by atoms with Crippen molar-refractivity contribution in [2.24, 2.45) is 0 Å². The smallest absolute Gasteiger partial charge is 0.344 e. The fourth-order valence-electron chi connectivity index (χ4n) is 1.66. The van der Waals surface area contributed by atoms with Crippen molar-refractivity contribution in [1.82, 2.24) is 0 Å². The molecule has 0 aliphatic rings. The molecule has 24 heavy (non-hydrogen) atoms. The lowest BCUT2D eigenvalue weighted by Gasteiger charge is -2.08. The molecule has 0 saturated heterocycles. The summed E-state index contributed by atoms with van der Waals surface area (Å²) in [4.78, 5) is 23.0. The molecule has 1 N–H and O–H groups in total. The molecule has 0 unspecified atom stereocenters. The second kappa shape index (κ2) is 8.00. The standard InChI is InChI=1S/C16H12F3NO4/c17-10-5-6-13(12(19)7-10)20-15(21)8-24-16(22)9-23-14-4-2-1-3-11(14)18/h1-7H,8-9H2,(H,20,21). The van der Waals surface area contributed by atoms with Gasteiger partial charge in [-0.1, -0.05) is 12.1 Å². The topological polar surface area (TPSA) is 64.6 Å². The maximum atomic E-state index is 13.3. The predicted octanol–water partition coefficient (Wildman–Crippen LogP) is 2.66. The van der Waals surface area contributed by atoms with E-state index in [0.717, 1.165) is 18.2 Å². The van der Waals surface area contributed by atoms with Gasteiger partial charge in [-0.3, -0.25) is 4.79 Å². The van der Waals surface area contributed by atoms with Crippen LogP contribution < -0.4 is 10.1 Å². The molecule has 2 aromatic carbocycles.